The molecular formula is C53H59N10O12PS. The quantitative estimate of drug-likeness (QED) is 0.0566. The highest BCUT2D eigenvalue weighted by molar-refractivity contribution is 7.70. The van der Waals surface area contributed by atoms with Crippen molar-refractivity contribution in [3.63, 3.8) is 0 Å². The zero-order valence-corrected chi connectivity index (χ0v) is 43.9. The largest absolute Gasteiger partial charge is 0.396 e. The van der Waals surface area contributed by atoms with Gasteiger partial charge in [0, 0.05) is 61.4 Å². The first-order valence-corrected chi connectivity index (χ1v) is 28.4. The number of amides is 7. The third kappa shape index (κ3) is 11.0. The standard InChI is InChI=1S/C53H59N10O12PS/c1-60-42-24-29(10-17-39(42)63(53(60)72)41-19-21-45(65)59-48(41)68)7-6-28-8-11-30(12-9-28)50(69)61-23-22-33-14-18-40(47(67)56-36(16-20-44(54)64)49-58-35-4-2-3-5-43(35)77-49)62(33)51(70)38(27-61)57-46(66)37-26-32-25-31(13-15-34(32)55-37)52(71)76(73,74)75/h2-5,10,13,15,17,24-26,28,30,33,36,38,40-41,55H,6-9,11-12,14,16,18-23,27H2,1H3,(H2,54,64)(H,56,67)(H,57,66)(H,59,65,68)(H2,73,74,75)/t28-,30+,33-,36+,38+,40+,41?/m1/s1. The number of aromatic nitrogens is 4. The topological polar surface area (TPSA) is 318 Å². The van der Waals surface area contributed by atoms with E-state index in [0.717, 1.165) is 41.5 Å². The number of aromatic amines is 1. The predicted octanol–water partition coefficient (Wildman–Crippen LogP) is 3.98. The molecule has 0 bridgehead atoms. The molecule has 0 radical (unpaired) electrons. The Morgan fingerprint density at radius 1 is 0.909 bits per heavy atom. The van der Waals surface area contributed by atoms with Crippen LogP contribution < -0.4 is 27.4 Å². The molecule has 8 N–H and O–H groups in total. The van der Waals surface area contributed by atoms with Crippen molar-refractivity contribution in [2.75, 3.05) is 13.1 Å². The first-order valence-electron chi connectivity index (χ1n) is 25.9. The minimum absolute atomic E-state index is 0.0261. The molecule has 1 unspecified atom stereocenters. The van der Waals surface area contributed by atoms with E-state index in [1.165, 1.54) is 49.6 Å². The molecule has 3 aromatic heterocycles. The number of imidazole rings is 1. The second-order valence-electron chi connectivity index (χ2n) is 20.8. The number of piperidine rings is 1. The van der Waals surface area contributed by atoms with Crippen molar-refractivity contribution < 1.29 is 52.7 Å². The molecule has 10 rings (SSSR count). The van der Waals surface area contributed by atoms with Crippen molar-refractivity contribution in [3.05, 3.63) is 99.0 Å². The Hall–Kier alpha value is -7.33. The molecule has 3 saturated heterocycles. The van der Waals surface area contributed by atoms with Gasteiger partial charge in [-0.25, -0.2) is 9.78 Å². The number of para-hydroxylation sites is 1. The molecule has 1 saturated carbocycles. The highest BCUT2D eigenvalue weighted by atomic mass is 32.1. The molecular weight excluding hydrogens is 1030 g/mol. The van der Waals surface area contributed by atoms with Crippen LogP contribution in [0.4, 0.5) is 0 Å². The summed E-state index contributed by atoms with van der Waals surface area (Å²) >= 11 is 1.38. The van der Waals surface area contributed by atoms with Gasteiger partial charge in [0.15, 0.2) is 0 Å². The number of imide groups is 1. The van der Waals surface area contributed by atoms with Gasteiger partial charge in [-0.2, -0.15) is 0 Å². The van der Waals surface area contributed by atoms with E-state index in [2.05, 4.69) is 20.9 Å². The van der Waals surface area contributed by atoms with E-state index >= 15 is 4.79 Å². The maximum atomic E-state index is 15.1. The van der Waals surface area contributed by atoms with Gasteiger partial charge in [-0.1, -0.05) is 18.2 Å². The number of carbonyl (C=O) groups excluding carboxylic acids is 8. The van der Waals surface area contributed by atoms with Gasteiger partial charge in [-0.15, -0.1) is 11.3 Å². The van der Waals surface area contributed by atoms with Gasteiger partial charge in [0.2, 0.25) is 35.4 Å². The number of primary amides is 1. The van der Waals surface area contributed by atoms with Crippen molar-refractivity contribution in [1.82, 2.24) is 44.9 Å². The molecule has 5 atom stereocenters. The number of thiazole rings is 1. The lowest BCUT2D eigenvalue weighted by atomic mass is 9.79. The number of benzene rings is 3. The molecule has 404 valence electrons. The van der Waals surface area contributed by atoms with Crippen LogP contribution in [0.3, 0.4) is 0 Å². The number of hydrogen-bond donors (Lipinski definition) is 7. The second kappa shape index (κ2) is 21.6. The summed E-state index contributed by atoms with van der Waals surface area (Å²) in [7, 11) is -3.44. The SMILES string of the molecule is Cn1c(=O)n(C2CCC(=O)NC2=O)c2ccc(CC[C@H]3CC[C@@H](C(=O)N4CC[C@H]5CC[C@@H](C(=O)N[C@@H](CCC(N)=O)c6nc7ccccc7s6)N5C(=O)[C@@H](NC(=O)c5cc6cc(C(=O)P(=O)(O)O)ccc6[nH]5)C4)CC3)cc21. The van der Waals surface area contributed by atoms with Crippen LogP contribution >= 0.6 is 18.9 Å². The Labute approximate surface area is 444 Å². The summed E-state index contributed by atoms with van der Waals surface area (Å²) in [5.74, 6) is -3.32. The molecule has 6 aromatic rings. The van der Waals surface area contributed by atoms with Crippen LogP contribution in [0.15, 0.2) is 71.5 Å². The monoisotopic (exact) mass is 1090 g/mol. The zero-order chi connectivity index (χ0) is 54.4. The minimum atomic E-state index is -5.10. The molecule has 6 heterocycles. The number of aryl methyl sites for hydroxylation is 2. The van der Waals surface area contributed by atoms with Crippen LogP contribution in [0.2, 0.25) is 0 Å². The number of rotatable bonds is 15. The number of fused-ring (bicyclic) bond motifs is 4. The summed E-state index contributed by atoms with van der Waals surface area (Å²) < 4.78 is 15.6. The first kappa shape index (κ1) is 53.1. The van der Waals surface area contributed by atoms with Gasteiger partial charge < -0.3 is 40.9 Å². The average molecular weight is 1090 g/mol. The lowest BCUT2D eigenvalue weighted by Crippen LogP contribution is -2.61. The molecule has 7 amide bonds. The Morgan fingerprint density at radius 3 is 2.43 bits per heavy atom. The second-order valence-corrected chi connectivity index (χ2v) is 23.3. The Morgan fingerprint density at radius 2 is 1.69 bits per heavy atom. The van der Waals surface area contributed by atoms with Crippen molar-refractivity contribution in [3.8, 4) is 0 Å². The van der Waals surface area contributed by atoms with E-state index in [9.17, 15) is 52.7 Å². The van der Waals surface area contributed by atoms with Crippen LogP contribution in [0.5, 0.6) is 0 Å². The van der Waals surface area contributed by atoms with Gasteiger partial charge >= 0.3 is 13.3 Å². The highest BCUT2D eigenvalue weighted by Crippen LogP contribution is 2.40. The smallest absolute Gasteiger partial charge is 0.370 e. The number of H-pyrrole nitrogens is 1. The summed E-state index contributed by atoms with van der Waals surface area (Å²) in [5.41, 5.74) is 6.98. The highest BCUT2D eigenvalue weighted by Gasteiger charge is 2.47. The van der Waals surface area contributed by atoms with E-state index in [-0.39, 0.29) is 73.5 Å². The lowest BCUT2D eigenvalue weighted by Gasteiger charge is -2.40. The van der Waals surface area contributed by atoms with Crippen LogP contribution in [0, 0.1) is 11.8 Å². The van der Waals surface area contributed by atoms with Crippen molar-refractivity contribution >= 4 is 98.0 Å². The van der Waals surface area contributed by atoms with Crippen LogP contribution in [-0.4, -0.2) is 117 Å². The number of hydrogen-bond acceptors (Lipinski definition) is 12. The minimum Gasteiger partial charge on any atom is -0.370 e. The summed E-state index contributed by atoms with van der Waals surface area (Å²) in [6, 6.07) is 14.3. The van der Waals surface area contributed by atoms with E-state index in [4.69, 9.17) is 10.7 Å². The van der Waals surface area contributed by atoms with Crippen LogP contribution in [0.1, 0.15) is 121 Å². The fraction of sp³-hybridized carbons (Fsp3) is 0.434. The van der Waals surface area contributed by atoms with Crippen LogP contribution in [-0.2, 0) is 46.8 Å². The van der Waals surface area contributed by atoms with Crippen molar-refractivity contribution in [2.24, 2.45) is 24.6 Å². The average Bonchev–Trinajstić information content (AvgIpc) is 4.20. The van der Waals surface area contributed by atoms with E-state index in [0.29, 0.717) is 65.0 Å². The normalized spacial score (nSPS) is 22.6. The summed E-state index contributed by atoms with van der Waals surface area (Å²) in [4.78, 5) is 150. The first-order chi connectivity index (χ1) is 36.8. The predicted molar refractivity (Wildman–Crippen MR) is 282 cm³/mol. The lowest BCUT2D eigenvalue weighted by molar-refractivity contribution is -0.146. The summed E-state index contributed by atoms with van der Waals surface area (Å²) in [5, 5.41) is 9.12. The fourth-order valence-corrected chi connectivity index (χ4v) is 13.2. The maximum absolute atomic E-state index is 15.1. The third-order valence-corrected chi connectivity index (χ3v) is 17.7. The third-order valence-electron chi connectivity index (χ3n) is 15.8. The van der Waals surface area contributed by atoms with E-state index < -0.39 is 72.9 Å². The fourth-order valence-electron chi connectivity index (χ4n) is 11.7. The van der Waals surface area contributed by atoms with Gasteiger partial charge in [-0.3, -0.25) is 57.4 Å². The molecule has 0 spiro atoms. The maximum Gasteiger partial charge on any atom is 0.396 e. The molecule has 22 nitrogen and oxygen atoms in total. The zero-order valence-electron chi connectivity index (χ0n) is 42.1. The Bertz CT molecular complexity index is 3460. The van der Waals surface area contributed by atoms with Crippen LogP contribution in [0.25, 0.3) is 32.2 Å². The van der Waals surface area contributed by atoms with E-state index in [1.54, 1.807) is 11.9 Å². The summed E-state index contributed by atoms with van der Waals surface area (Å²) in [6.07, 6.45) is 6.00. The van der Waals surface area contributed by atoms with Crippen molar-refractivity contribution in [2.45, 2.75) is 114 Å². The van der Waals surface area contributed by atoms with Gasteiger partial charge in [0.1, 0.15) is 28.8 Å². The Kier molecular flexibility index (Phi) is 14.9. The Balaban J connectivity index is 0.843. The molecule has 77 heavy (non-hydrogen) atoms. The number of nitrogens with one attached hydrogen (secondary N) is 4. The molecule has 4 aliphatic rings. The molecule has 1 aliphatic carbocycles. The molecule has 3 aromatic carbocycles. The number of nitrogens with two attached hydrogens (primary N) is 1. The van der Waals surface area contributed by atoms with Gasteiger partial charge in [-0.05, 0) is 131 Å². The van der Waals surface area contributed by atoms with Gasteiger partial charge in [0.05, 0.1) is 27.3 Å². The van der Waals surface area contributed by atoms with Crippen molar-refractivity contribution in [1.29, 1.82) is 0 Å². The number of carbonyl (C=O) groups is 8. The molecule has 3 aliphatic heterocycles. The van der Waals surface area contributed by atoms with E-state index in [1.807, 2.05) is 42.5 Å². The van der Waals surface area contributed by atoms with Gasteiger partial charge in [0.25, 0.3) is 11.4 Å². The number of nitrogens with zero attached hydrogens (tertiary/aromatic N) is 5. The summed E-state index contributed by atoms with van der Waals surface area (Å²) in [6.45, 7) is 0.0606. The molecule has 4 fully saturated rings. The molecule has 24 heteroatoms.